The predicted molar refractivity (Wildman–Crippen MR) is 114 cm³/mol. The summed E-state index contributed by atoms with van der Waals surface area (Å²) >= 11 is 0. The Bertz CT molecular complexity index is 1100. The van der Waals surface area contributed by atoms with E-state index in [1.165, 1.54) is 5.56 Å². The molecule has 1 aliphatic heterocycles. The van der Waals surface area contributed by atoms with Crippen molar-refractivity contribution in [1.29, 1.82) is 0 Å². The molecule has 0 amide bonds. The van der Waals surface area contributed by atoms with Crippen LogP contribution in [-0.4, -0.2) is 43.6 Å². The average Bonchev–Trinajstić information content (AvgIpc) is 3.46. The third-order valence-electron chi connectivity index (χ3n) is 5.62. The molecular weight excluding hydrogens is 378 g/mol. The number of piperidine rings is 1. The van der Waals surface area contributed by atoms with E-state index in [-0.39, 0.29) is 0 Å². The lowest BCUT2D eigenvalue weighted by atomic mass is 10.0. The number of nitrogens with one attached hydrogen (secondary N) is 1. The van der Waals surface area contributed by atoms with Gasteiger partial charge >= 0.3 is 0 Å². The van der Waals surface area contributed by atoms with Crippen LogP contribution in [0.1, 0.15) is 24.0 Å². The standard InChI is InChI=1S/C22H25N7O/c23-22-25-14-17(21-26-20(27-29(21)22)19-7-4-12-30-19)15-28-10-8-18(9-11-28)24-13-16-5-2-1-3-6-16/h1-7,12,14,18,24H,8-11,13,15H2,(H2,23,25). The number of hydrogen-bond donors (Lipinski definition) is 2. The fraction of sp³-hybridized carbons (Fsp3) is 0.318. The summed E-state index contributed by atoms with van der Waals surface area (Å²) in [4.78, 5) is 11.4. The summed E-state index contributed by atoms with van der Waals surface area (Å²) in [5.74, 6) is 1.46. The third-order valence-corrected chi connectivity index (χ3v) is 5.62. The smallest absolute Gasteiger partial charge is 0.223 e. The molecule has 0 unspecified atom stereocenters. The first kappa shape index (κ1) is 18.8. The van der Waals surface area contributed by atoms with E-state index in [0.29, 0.717) is 23.6 Å². The summed E-state index contributed by atoms with van der Waals surface area (Å²) in [6.45, 7) is 3.76. The van der Waals surface area contributed by atoms with Gasteiger partial charge in [-0.15, -0.1) is 5.10 Å². The van der Waals surface area contributed by atoms with E-state index < -0.39 is 0 Å². The molecule has 4 aromatic rings. The molecule has 0 atom stereocenters. The van der Waals surface area contributed by atoms with Gasteiger partial charge in [0.25, 0.3) is 0 Å². The van der Waals surface area contributed by atoms with E-state index in [1.54, 1.807) is 10.8 Å². The first-order valence-electron chi connectivity index (χ1n) is 10.3. The Morgan fingerprint density at radius 1 is 1.10 bits per heavy atom. The van der Waals surface area contributed by atoms with Crippen molar-refractivity contribution in [1.82, 2.24) is 29.8 Å². The minimum absolute atomic E-state index is 0.322. The zero-order valence-electron chi connectivity index (χ0n) is 16.7. The highest BCUT2D eigenvalue weighted by atomic mass is 16.3. The number of rotatable bonds is 6. The number of anilines is 1. The highest BCUT2D eigenvalue weighted by Gasteiger charge is 2.21. The largest absolute Gasteiger partial charge is 0.461 e. The molecule has 154 valence electrons. The summed E-state index contributed by atoms with van der Waals surface area (Å²) in [5.41, 5.74) is 9.10. The Labute approximate surface area is 174 Å². The maximum atomic E-state index is 6.02. The summed E-state index contributed by atoms with van der Waals surface area (Å²) in [5, 5.41) is 8.16. The van der Waals surface area contributed by atoms with Gasteiger partial charge in [-0.25, -0.2) is 9.97 Å². The number of furan rings is 1. The molecule has 0 radical (unpaired) electrons. The molecule has 3 N–H and O–H groups in total. The van der Waals surface area contributed by atoms with Crippen LogP contribution < -0.4 is 11.1 Å². The van der Waals surface area contributed by atoms with Crippen molar-refractivity contribution in [2.75, 3.05) is 18.8 Å². The van der Waals surface area contributed by atoms with Gasteiger partial charge in [0.1, 0.15) is 0 Å². The number of nitrogens with two attached hydrogens (primary N) is 1. The summed E-state index contributed by atoms with van der Waals surface area (Å²) < 4.78 is 7.03. The normalized spacial score (nSPS) is 15.7. The van der Waals surface area contributed by atoms with Gasteiger partial charge in [0.05, 0.1) is 6.26 Å². The lowest BCUT2D eigenvalue weighted by molar-refractivity contribution is 0.190. The Morgan fingerprint density at radius 2 is 1.93 bits per heavy atom. The van der Waals surface area contributed by atoms with Crippen molar-refractivity contribution in [3.05, 3.63) is 66.1 Å². The Morgan fingerprint density at radius 3 is 2.70 bits per heavy atom. The van der Waals surface area contributed by atoms with Crippen LogP contribution in [0.3, 0.4) is 0 Å². The first-order chi connectivity index (χ1) is 14.8. The molecule has 1 saturated heterocycles. The molecule has 4 heterocycles. The van der Waals surface area contributed by atoms with Crippen LogP contribution in [0.5, 0.6) is 0 Å². The lowest BCUT2D eigenvalue weighted by Crippen LogP contribution is -2.41. The van der Waals surface area contributed by atoms with Crippen molar-refractivity contribution in [2.24, 2.45) is 0 Å². The van der Waals surface area contributed by atoms with Crippen LogP contribution in [0.4, 0.5) is 5.95 Å². The molecule has 0 saturated carbocycles. The van der Waals surface area contributed by atoms with Gasteiger partial charge in [0, 0.05) is 30.9 Å². The highest BCUT2D eigenvalue weighted by molar-refractivity contribution is 5.57. The Hall–Kier alpha value is -3.23. The van der Waals surface area contributed by atoms with Crippen LogP contribution >= 0.6 is 0 Å². The van der Waals surface area contributed by atoms with Gasteiger partial charge in [0.2, 0.25) is 11.8 Å². The van der Waals surface area contributed by atoms with E-state index in [4.69, 9.17) is 10.2 Å². The zero-order valence-corrected chi connectivity index (χ0v) is 16.7. The lowest BCUT2D eigenvalue weighted by Gasteiger charge is -2.32. The van der Waals surface area contributed by atoms with E-state index in [1.807, 2.05) is 18.3 Å². The number of benzene rings is 1. The fourth-order valence-electron chi connectivity index (χ4n) is 3.95. The zero-order chi connectivity index (χ0) is 20.3. The second-order valence-corrected chi connectivity index (χ2v) is 7.71. The van der Waals surface area contributed by atoms with Crippen LogP contribution in [0.2, 0.25) is 0 Å². The van der Waals surface area contributed by atoms with Crippen molar-refractivity contribution >= 4 is 11.6 Å². The number of fused-ring (bicyclic) bond motifs is 1. The molecule has 8 heteroatoms. The molecule has 1 aromatic carbocycles. The molecule has 30 heavy (non-hydrogen) atoms. The predicted octanol–water partition coefficient (Wildman–Crippen LogP) is 2.72. The van der Waals surface area contributed by atoms with Crippen LogP contribution in [-0.2, 0) is 13.1 Å². The topological polar surface area (TPSA) is 97.5 Å². The number of aromatic nitrogens is 4. The maximum absolute atomic E-state index is 6.02. The van der Waals surface area contributed by atoms with Gasteiger partial charge in [-0.3, -0.25) is 4.90 Å². The molecule has 1 aliphatic rings. The Kier molecular flexibility index (Phi) is 5.17. The van der Waals surface area contributed by atoms with Crippen molar-refractivity contribution in [3.63, 3.8) is 0 Å². The van der Waals surface area contributed by atoms with Gasteiger partial charge in [-0.2, -0.15) is 4.52 Å². The number of nitrogen functional groups attached to an aromatic ring is 1. The van der Waals surface area contributed by atoms with E-state index >= 15 is 0 Å². The van der Waals surface area contributed by atoms with Crippen LogP contribution in [0, 0.1) is 0 Å². The van der Waals surface area contributed by atoms with Gasteiger partial charge in [-0.05, 0) is 43.6 Å². The van der Waals surface area contributed by atoms with Crippen LogP contribution in [0.25, 0.3) is 17.2 Å². The quantitative estimate of drug-likeness (QED) is 0.511. The molecule has 1 fully saturated rings. The van der Waals surface area contributed by atoms with E-state index in [0.717, 1.165) is 50.2 Å². The van der Waals surface area contributed by atoms with Crippen LogP contribution in [0.15, 0.2) is 59.3 Å². The summed E-state index contributed by atoms with van der Waals surface area (Å²) in [6, 6.07) is 14.8. The van der Waals surface area contributed by atoms with Gasteiger partial charge in [-0.1, -0.05) is 30.3 Å². The number of hydrogen-bond acceptors (Lipinski definition) is 7. The molecule has 0 bridgehead atoms. The van der Waals surface area contributed by atoms with Crippen molar-refractivity contribution in [2.45, 2.75) is 32.0 Å². The van der Waals surface area contributed by atoms with Crippen molar-refractivity contribution < 1.29 is 4.42 Å². The second-order valence-electron chi connectivity index (χ2n) is 7.71. The van der Waals surface area contributed by atoms with E-state index in [9.17, 15) is 0 Å². The SMILES string of the molecule is Nc1ncc(CN2CCC(NCc3ccccc3)CC2)c2nc(-c3ccco3)nn12. The molecule has 5 rings (SSSR count). The molecule has 3 aromatic heterocycles. The first-order valence-corrected chi connectivity index (χ1v) is 10.3. The second kappa shape index (κ2) is 8.25. The fourth-order valence-corrected chi connectivity index (χ4v) is 3.95. The molecule has 0 spiro atoms. The summed E-state index contributed by atoms with van der Waals surface area (Å²) in [6.07, 6.45) is 5.66. The van der Waals surface area contributed by atoms with Crippen molar-refractivity contribution in [3.8, 4) is 11.6 Å². The summed E-state index contributed by atoms with van der Waals surface area (Å²) in [7, 11) is 0. The maximum Gasteiger partial charge on any atom is 0.223 e. The van der Waals surface area contributed by atoms with Gasteiger partial charge in [0.15, 0.2) is 11.4 Å². The number of likely N-dealkylation sites (tertiary alicyclic amines) is 1. The molecule has 8 nitrogen and oxygen atoms in total. The average molecular weight is 403 g/mol. The van der Waals surface area contributed by atoms with Gasteiger partial charge < -0.3 is 15.5 Å². The monoisotopic (exact) mass is 403 g/mol. The minimum Gasteiger partial charge on any atom is -0.461 e. The molecule has 0 aliphatic carbocycles. The third kappa shape index (κ3) is 3.92. The van der Waals surface area contributed by atoms with E-state index in [2.05, 4.69) is 55.6 Å². The number of nitrogens with zero attached hydrogens (tertiary/aromatic N) is 5. The molecular formula is C22H25N7O. The minimum atomic E-state index is 0.322. The Balaban J connectivity index is 1.24. The highest BCUT2D eigenvalue weighted by Crippen LogP contribution is 2.21.